The Hall–Kier alpha value is -2.35. The van der Waals surface area contributed by atoms with Gasteiger partial charge >= 0.3 is 0 Å². The molecule has 8 heteroatoms. The molecule has 1 aromatic carbocycles. The number of carbonyl (C=O) groups is 1. The van der Waals surface area contributed by atoms with E-state index in [4.69, 9.17) is 15.3 Å². The summed E-state index contributed by atoms with van der Waals surface area (Å²) in [6.45, 7) is 1.75. The molecule has 0 aliphatic rings. The third-order valence-corrected chi connectivity index (χ3v) is 2.43. The highest BCUT2D eigenvalue weighted by atomic mass is 16.6. The van der Waals surface area contributed by atoms with Crippen LogP contribution in [0.2, 0.25) is 0 Å². The Morgan fingerprint density at radius 2 is 2.21 bits per heavy atom. The molecule has 1 unspecified atom stereocenters. The number of nitrogens with one attached hydrogen (secondary N) is 1. The monoisotopic (exact) mass is 269 g/mol. The van der Waals surface area contributed by atoms with Crippen LogP contribution in [-0.2, 0) is 4.79 Å². The average molecular weight is 269 g/mol. The summed E-state index contributed by atoms with van der Waals surface area (Å²) in [5.74, 6) is 4.97. The van der Waals surface area contributed by atoms with Gasteiger partial charge in [0.15, 0.2) is 17.6 Å². The van der Waals surface area contributed by atoms with Gasteiger partial charge in [-0.1, -0.05) is 6.92 Å². The number of rotatable bonds is 6. The van der Waals surface area contributed by atoms with E-state index in [0.717, 1.165) is 0 Å². The number of ether oxygens (including phenoxy) is 2. The van der Waals surface area contributed by atoms with Gasteiger partial charge in [0, 0.05) is 6.07 Å². The average Bonchev–Trinajstić information content (AvgIpc) is 2.43. The van der Waals surface area contributed by atoms with E-state index in [2.05, 4.69) is 0 Å². The molecule has 0 saturated heterocycles. The maximum atomic E-state index is 11.4. The van der Waals surface area contributed by atoms with Gasteiger partial charge in [0.25, 0.3) is 11.6 Å². The number of non-ortho nitro benzene ring substituents is 1. The first-order valence-electron chi connectivity index (χ1n) is 5.53. The van der Waals surface area contributed by atoms with Gasteiger partial charge in [-0.25, -0.2) is 5.84 Å². The van der Waals surface area contributed by atoms with Gasteiger partial charge in [-0.3, -0.25) is 20.3 Å². The number of nitrogens with zero attached hydrogens (tertiary/aromatic N) is 1. The van der Waals surface area contributed by atoms with Crippen molar-refractivity contribution in [3.8, 4) is 11.5 Å². The predicted molar refractivity (Wildman–Crippen MR) is 66.7 cm³/mol. The zero-order chi connectivity index (χ0) is 14.4. The Balaban J connectivity index is 3.00. The molecule has 8 nitrogen and oxygen atoms in total. The van der Waals surface area contributed by atoms with Crippen molar-refractivity contribution in [2.45, 2.75) is 19.4 Å². The number of hydrogen-bond donors (Lipinski definition) is 2. The lowest BCUT2D eigenvalue weighted by atomic mass is 10.2. The molecule has 0 heterocycles. The number of nitro groups is 1. The molecule has 1 atom stereocenters. The van der Waals surface area contributed by atoms with E-state index in [1.165, 1.54) is 25.3 Å². The van der Waals surface area contributed by atoms with Crippen LogP contribution in [0.15, 0.2) is 18.2 Å². The van der Waals surface area contributed by atoms with Crippen LogP contribution in [0.1, 0.15) is 13.3 Å². The third-order valence-electron chi connectivity index (χ3n) is 2.43. The lowest BCUT2D eigenvalue weighted by molar-refractivity contribution is -0.385. The highest BCUT2D eigenvalue weighted by Crippen LogP contribution is 2.32. The van der Waals surface area contributed by atoms with Crippen LogP contribution in [0, 0.1) is 10.1 Å². The Labute approximate surface area is 109 Å². The van der Waals surface area contributed by atoms with Crippen molar-refractivity contribution in [1.82, 2.24) is 5.43 Å². The highest BCUT2D eigenvalue weighted by Gasteiger charge is 2.20. The minimum Gasteiger partial charge on any atom is -0.493 e. The summed E-state index contributed by atoms with van der Waals surface area (Å²) in [4.78, 5) is 21.5. The fourth-order valence-corrected chi connectivity index (χ4v) is 1.44. The maximum Gasteiger partial charge on any atom is 0.274 e. The molecular weight excluding hydrogens is 254 g/mol. The van der Waals surface area contributed by atoms with Gasteiger partial charge in [-0.05, 0) is 12.5 Å². The second-order valence-electron chi connectivity index (χ2n) is 3.62. The summed E-state index contributed by atoms with van der Waals surface area (Å²) in [7, 11) is 1.36. The van der Waals surface area contributed by atoms with E-state index in [1.807, 2.05) is 5.43 Å². The summed E-state index contributed by atoms with van der Waals surface area (Å²) in [5.41, 5.74) is 1.87. The van der Waals surface area contributed by atoms with E-state index >= 15 is 0 Å². The van der Waals surface area contributed by atoms with E-state index in [1.54, 1.807) is 6.92 Å². The minimum absolute atomic E-state index is 0.125. The molecule has 3 N–H and O–H groups in total. The van der Waals surface area contributed by atoms with Crippen LogP contribution in [0.4, 0.5) is 5.69 Å². The molecule has 0 fully saturated rings. The molecule has 19 heavy (non-hydrogen) atoms. The van der Waals surface area contributed by atoms with Gasteiger partial charge in [0.2, 0.25) is 0 Å². The first-order valence-corrected chi connectivity index (χ1v) is 5.53. The van der Waals surface area contributed by atoms with Gasteiger partial charge in [0.05, 0.1) is 18.1 Å². The first kappa shape index (κ1) is 14.7. The first-order chi connectivity index (χ1) is 9.03. The SMILES string of the molecule is CCC(Oc1ccc([N+](=O)[O-])cc1OC)C(=O)NN. The van der Waals surface area contributed by atoms with Crippen molar-refractivity contribution in [3.63, 3.8) is 0 Å². The smallest absolute Gasteiger partial charge is 0.274 e. The summed E-state index contributed by atoms with van der Waals surface area (Å²) in [5, 5.41) is 10.6. The molecule has 0 aliphatic carbocycles. The summed E-state index contributed by atoms with van der Waals surface area (Å²) >= 11 is 0. The topological polar surface area (TPSA) is 117 Å². The third kappa shape index (κ3) is 3.55. The zero-order valence-electron chi connectivity index (χ0n) is 10.6. The molecule has 0 aliphatic heterocycles. The summed E-state index contributed by atoms with van der Waals surface area (Å²) < 4.78 is 10.4. The van der Waals surface area contributed by atoms with Crippen molar-refractivity contribution in [2.24, 2.45) is 5.84 Å². The zero-order valence-corrected chi connectivity index (χ0v) is 10.6. The van der Waals surface area contributed by atoms with Gasteiger partial charge in [0.1, 0.15) is 0 Å². The normalized spacial score (nSPS) is 11.5. The molecule has 1 amide bonds. The molecule has 1 rings (SSSR count). The Morgan fingerprint density at radius 3 is 2.68 bits per heavy atom. The van der Waals surface area contributed by atoms with Crippen LogP contribution in [-0.4, -0.2) is 24.0 Å². The lowest BCUT2D eigenvalue weighted by Crippen LogP contribution is -2.41. The van der Waals surface area contributed by atoms with E-state index in [0.29, 0.717) is 6.42 Å². The number of hydrazine groups is 1. The molecule has 0 radical (unpaired) electrons. The van der Waals surface area contributed by atoms with E-state index in [9.17, 15) is 14.9 Å². The molecule has 1 aromatic rings. The molecule has 0 aromatic heterocycles. The quantitative estimate of drug-likeness (QED) is 0.340. The molecule has 0 bridgehead atoms. The number of benzene rings is 1. The number of hydrogen-bond acceptors (Lipinski definition) is 6. The number of nitro benzene ring substituents is 1. The van der Waals surface area contributed by atoms with Crippen LogP contribution in [0.5, 0.6) is 11.5 Å². The fraction of sp³-hybridized carbons (Fsp3) is 0.364. The largest absolute Gasteiger partial charge is 0.493 e. The lowest BCUT2D eigenvalue weighted by Gasteiger charge is -2.17. The second kappa shape index (κ2) is 6.55. The number of methoxy groups -OCH3 is 1. The number of carbonyl (C=O) groups excluding carboxylic acids is 1. The molecule has 0 spiro atoms. The number of nitrogens with two attached hydrogens (primary N) is 1. The molecule has 0 saturated carbocycles. The minimum atomic E-state index is -0.791. The fourth-order valence-electron chi connectivity index (χ4n) is 1.44. The van der Waals surface area contributed by atoms with Gasteiger partial charge in [-0.2, -0.15) is 0 Å². The highest BCUT2D eigenvalue weighted by molar-refractivity contribution is 5.80. The summed E-state index contributed by atoms with van der Waals surface area (Å²) in [6.07, 6.45) is -0.399. The molecular formula is C11H15N3O5. The Morgan fingerprint density at radius 1 is 1.53 bits per heavy atom. The van der Waals surface area contributed by atoms with E-state index < -0.39 is 16.9 Å². The van der Waals surface area contributed by atoms with Gasteiger partial charge in [-0.15, -0.1) is 0 Å². The number of amides is 1. The van der Waals surface area contributed by atoms with Crippen molar-refractivity contribution >= 4 is 11.6 Å². The summed E-state index contributed by atoms with van der Waals surface area (Å²) in [6, 6.07) is 3.87. The van der Waals surface area contributed by atoms with Crippen LogP contribution in [0.25, 0.3) is 0 Å². The Kier molecular flexibility index (Phi) is 5.07. The maximum absolute atomic E-state index is 11.4. The van der Waals surface area contributed by atoms with Crippen molar-refractivity contribution in [1.29, 1.82) is 0 Å². The van der Waals surface area contributed by atoms with Crippen LogP contribution >= 0.6 is 0 Å². The Bertz CT molecular complexity index is 477. The predicted octanol–water partition coefficient (Wildman–Crippen LogP) is 0.751. The van der Waals surface area contributed by atoms with E-state index in [-0.39, 0.29) is 17.2 Å². The van der Waals surface area contributed by atoms with Crippen molar-refractivity contribution in [3.05, 3.63) is 28.3 Å². The van der Waals surface area contributed by atoms with Crippen LogP contribution < -0.4 is 20.7 Å². The van der Waals surface area contributed by atoms with Gasteiger partial charge < -0.3 is 9.47 Å². The van der Waals surface area contributed by atoms with Crippen molar-refractivity contribution in [2.75, 3.05) is 7.11 Å². The second-order valence-corrected chi connectivity index (χ2v) is 3.62. The van der Waals surface area contributed by atoms with Crippen molar-refractivity contribution < 1.29 is 19.2 Å². The standard InChI is InChI=1S/C11H15N3O5/c1-3-8(11(15)13-12)19-9-5-4-7(14(16)17)6-10(9)18-2/h4-6,8H,3,12H2,1-2H3,(H,13,15). The van der Waals surface area contributed by atoms with Crippen LogP contribution in [0.3, 0.4) is 0 Å². The molecule has 104 valence electrons.